The Morgan fingerprint density at radius 2 is 1.89 bits per heavy atom. The molecular weight excluding hydrogens is 240 g/mol. The van der Waals surface area contributed by atoms with Gasteiger partial charge in [0.2, 0.25) is 0 Å². The maximum atomic E-state index is 11.6. The number of nitrogens with one attached hydrogen (secondary N) is 2. The molecule has 114 valence electrons. The molecule has 0 saturated heterocycles. The molecule has 0 rings (SSSR count). The van der Waals surface area contributed by atoms with Crippen molar-refractivity contribution in [3.8, 4) is 0 Å². The Kier molecular flexibility index (Phi) is 8.81. The first-order valence-corrected chi connectivity index (χ1v) is 7.51. The highest BCUT2D eigenvalue weighted by molar-refractivity contribution is 5.67. The second-order valence-electron chi connectivity index (χ2n) is 6.20. The van der Waals surface area contributed by atoms with E-state index in [-0.39, 0.29) is 6.09 Å². The van der Waals surface area contributed by atoms with Gasteiger partial charge >= 0.3 is 6.09 Å². The highest BCUT2D eigenvalue weighted by atomic mass is 16.6. The molecule has 0 aromatic carbocycles. The summed E-state index contributed by atoms with van der Waals surface area (Å²) in [6.45, 7) is 12.8. The second-order valence-corrected chi connectivity index (χ2v) is 6.20. The summed E-state index contributed by atoms with van der Waals surface area (Å²) in [6, 6.07) is 0.796. The highest BCUT2D eigenvalue weighted by Crippen LogP contribution is 2.06. The van der Waals surface area contributed by atoms with Gasteiger partial charge < -0.3 is 15.4 Å². The summed E-state index contributed by atoms with van der Waals surface area (Å²) >= 11 is 0. The van der Waals surface area contributed by atoms with Gasteiger partial charge in [0.25, 0.3) is 0 Å². The molecule has 0 heterocycles. The SMILES string of the molecule is CCCCC(C)NC(CC)CNC(=O)OC(C)(C)C. The molecule has 2 unspecified atom stereocenters. The van der Waals surface area contributed by atoms with Crippen LogP contribution in [-0.2, 0) is 4.74 Å². The van der Waals surface area contributed by atoms with Crippen molar-refractivity contribution in [3.05, 3.63) is 0 Å². The molecular formula is C15H32N2O2. The maximum absolute atomic E-state index is 11.6. The molecule has 1 amide bonds. The van der Waals surface area contributed by atoms with Crippen LogP contribution in [0, 0.1) is 0 Å². The van der Waals surface area contributed by atoms with Crippen LogP contribution in [0.25, 0.3) is 0 Å². The molecule has 0 aliphatic heterocycles. The quantitative estimate of drug-likeness (QED) is 0.711. The monoisotopic (exact) mass is 272 g/mol. The van der Waals surface area contributed by atoms with E-state index < -0.39 is 5.60 Å². The smallest absolute Gasteiger partial charge is 0.407 e. The molecule has 0 aromatic rings. The number of hydrogen-bond donors (Lipinski definition) is 2. The van der Waals surface area contributed by atoms with E-state index in [1.54, 1.807) is 0 Å². The average Bonchev–Trinajstić information content (AvgIpc) is 2.29. The predicted molar refractivity (Wildman–Crippen MR) is 80.4 cm³/mol. The van der Waals surface area contributed by atoms with E-state index in [0.29, 0.717) is 18.6 Å². The van der Waals surface area contributed by atoms with Crippen LogP contribution >= 0.6 is 0 Å². The lowest BCUT2D eigenvalue weighted by atomic mass is 10.1. The van der Waals surface area contributed by atoms with Gasteiger partial charge in [-0.05, 0) is 40.5 Å². The summed E-state index contributed by atoms with van der Waals surface area (Å²) in [7, 11) is 0. The van der Waals surface area contributed by atoms with Gasteiger partial charge in [-0.15, -0.1) is 0 Å². The van der Waals surface area contributed by atoms with Crippen molar-refractivity contribution in [1.29, 1.82) is 0 Å². The summed E-state index contributed by atoms with van der Waals surface area (Å²) < 4.78 is 5.22. The van der Waals surface area contributed by atoms with Crippen LogP contribution in [0.1, 0.15) is 67.2 Å². The molecule has 2 atom stereocenters. The summed E-state index contributed by atoms with van der Waals surface area (Å²) in [4.78, 5) is 11.6. The van der Waals surface area contributed by atoms with Crippen LogP contribution in [0.5, 0.6) is 0 Å². The summed E-state index contributed by atoms with van der Waals surface area (Å²) in [5.74, 6) is 0. The van der Waals surface area contributed by atoms with E-state index >= 15 is 0 Å². The molecule has 4 heteroatoms. The first kappa shape index (κ1) is 18.2. The van der Waals surface area contributed by atoms with E-state index in [9.17, 15) is 4.79 Å². The van der Waals surface area contributed by atoms with E-state index in [0.717, 1.165) is 6.42 Å². The van der Waals surface area contributed by atoms with Gasteiger partial charge in [0.15, 0.2) is 0 Å². The topological polar surface area (TPSA) is 50.4 Å². The lowest BCUT2D eigenvalue weighted by Crippen LogP contribution is -2.45. The molecule has 0 bridgehead atoms. The average molecular weight is 272 g/mol. The minimum atomic E-state index is -0.437. The fourth-order valence-electron chi connectivity index (χ4n) is 1.84. The Morgan fingerprint density at radius 3 is 2.37 bits per heavy atom. The van der Waals surface area contributed by atoms with Crippen molar-refractivity contribution in [2.45, 2.75) is 84.9 Å². The van der Waals surface area contributed by atoms with Crippen LogP contribution in [0.2, 0.25) is 0 Å². The van der Waals surface area contributed by atoms with Crippen LogP contribution in [0.15, 0.2) is 0 Å². The van der Waals surface area contributed by atoms with Gasteiger partial charge in [0.1, 0.15) is 5.60 Å². The highest BCUT2D eigenvalue weighted by Gasteiger charge is 2.17. The Bertz CT molecular complexity index is 249. The zero-order chi connectivity index (χ0) is 14.9. The molecule has 4 nitrogen and oxygen atoms in total. The van der Waals surface area contributed by atoms with E-state index in [2.05, 4.69) is 31.4 Å². The third-order valence-electron chi connectivity index (χ3n) is 2.90. The fraction of sp³-hybridized carbons (Fsp3) is 0.933. The summed E-state index contributed by atoms with van der Waals surface area (Å²) in [5, 5.41) is 6.38. The third kappa shape index (κ3) is 10.8. The zero-order valence-corrected chi connectivity index (χ0v) is 13.5. The standard InChI is InChI=1S/C15H32N2O2/c1-7-9-10-12(3)17-13(8-2)11-16-14(18)19-15(4,5)6/h12-13,17H,7-11H2,1-6H3,(H,16,18). The Labute approximate surface area is 118 Å². The molecule has 0 radical (unpaired) electrons. The largest absolute Gasteiger partial charge is 0.444 e. The van der Waals surface area contributed by atoms with Gasteiger partial charge in [-0.25, -0.2) is 4.79 Å². The summed E-state index contributed by atoms with van der Waals surface area (Å²) in [5.41, 5.74) is -0.437. The fourth-order valence-corrected chi connectivity index (χ4v) is 1.84. The van der Waals surface area contributed by atoms with Crippen LogP contribution in [0.3, 0.4) is 0 Å². The van der Waals surface area contributed by atoms with Crippen molar-refractivity contribution in [1.82, 2.24) is 10.6 Å². The van der Waals surface area contributed by atoms with Gasteiger partial charge in [-0.1, -0.05) is 26.7 Å². The van der Waals surface area contributed by atoms with Crippen LogP contribution in [0.4, 0.5) is 4.79 Å². The van der Waals surface area contributed by atoms with Crippen molar-refractivity contribution in [2.75, 3.05) is 6.54 Å². The van der Waals surface area contributed by atoms with Crippen molar-refractivity contribution >= 4 is 6.09 Å². The van der Waals surface area contributed by atoms with Crippen molar-refractivity contribution in [3.63, 3.8) is 0 Å². The van der Waals surface area contributed by atoms with Gasteiger partial charge in [-0.2, -0.15) is 0 Å². The van der Waals surface area contributed by atoms with Crippen LogP contribution in [-0.4, -0.2) is 30.3 Å². The molecule has 0 aromatic heterocycles. The Balaban J connectivity index is 3.96. The normalized spacial score (nSPS) is 14.8. The first-order valence-electron chi connectivity index (χ1n) is 7.51. The number of unbranched alkanes of at least 4 members (excludes halogenated alkanes) is 1. The minimum absolute atomic E-state index is 0.305. The Morgan fingerprint density at radius 1 is 1.26 bits per heavy atom. The molecule has 0 aliphatic rings. The second kappa shape index (κ2) is 9.18. The molecule has 19 heavy (non-hydrogen) atoms. The number of carbonyl (C=O) groups excluding carboxylic acids is 1. The molecule has 0 saturated carbocycles. The number of alkyl carbamates (subject to hydrolysis) is 1. The molecule has 0 spiro atoms. The number of amides is 1. The van der Waals surface area contributed by atoms with Crippen molar-refractivity contribution < 1.29 is 9.53 Å². The summed E-state index contributed by atoms with van der Waals surface area (Å²) in [6.07, 6.45) is 4.29. The minimum Gasteiger partial charge on any atom is -0.444 e. The number of ether oxygens (including phenoxy) is 1. The van der Waals surface area contributed by atoms with E-state index in [1.807, 2.05) is 20.8 Å². The lowest BCUT2D eigenvalue weighted by molar-refractivity contribution is 0.0521. The maximum Gasteiger partial charge on any atom is 0.407 e. The van der Waals surface area contributed by atoms with E-state index in [1.165, 1.54) is 19.3 Å². The van der Waals surface area contributed by atoms with Crippen LogP contribution < -0.4 is 10.6 Å². The number of hydrogen-bond acceptors (Lipinski definition) is 3. The lowest BCUT2D eigenvalue weighted by Gasteiger charge is -2.24. The number of carbonyl (C=O) groups is 1. The van der Waals surface area contributed by atoms with Gasteiger partial charge in [-0.3, -0.25) is 0 Å². The van der Waals surface area contributed by atoms with E-state index in [4.69, 9.17) is 4.74 Å². The molecule has 0 fully saturated rings. The molecule has 2 N–H and O–H groups in total. The zero-order valence-electron chi connectivity index (χ0n) is 13.5. The van der Waals surface area contributed by atoms with Gasteiger partial charge in [0.05, 0.1) is 0 Å². The molecule has 0 aliphatic carbocycles. The first-order chi connectivity index (χ1) is 8.78. The number of rotatable bonds is 8. The van der Waals surface area contributed by atoms with Crippen molar-refractivity contribution in [2.24, 2.45) is 0 Å². The van der Waals surface area contributed by atoms with Gasteiger partial charge in [0, 0.05) is 18.6 Å². The third-order valence-corrected chi connectivity index (χ3v) is 2.90. The predicted octanol–water partition coefficient (Wildman–Crippen LogP) is 3.46. The Hall–Kier alpha value is -0.770.